The summed E-state index contributed by atoms with van der Waals surface area (Å²) >= 11 is 0. The Labute approximate surface area is 136 Å². The Hall–Kier alpha value is -1.64. The minimum absolute atomic E-state index is 0.0865. The van der Waals surface area contributed by atoms with Crippen LogP contribution < -0.4 is 15.8 Å². The zero-order valence-corrected chi connectivity index (χ0v) is 13.8. The Morgan fingerprint density at radius 2 is 1.83 bits per heavy atom. The van der Waals surface area contributed by atoms with Gasteiger partial charge in [0, 0.05) is 26.3 Å². The summed E-state index contributed by atoms with van der Waals surface area (Å²) in [5.41, 5.74) is 0.933. The number of carbonyl (C=O) groups excluding carboxylic acids is 1. The van der Waals surface area contributed by atoms with E-state index in [9.17, 15) is 13.2 Å². The third-order valence-electron chi connectivity index (χ3n) is 3.84. The number of ether oxygens (including phenoxy) is 1. The smallest absolute Gasteiger partial charge is 0.314 e. The molecule has 0 aromatic heterocycles. The van der Waals surface area contributed by atoms with Crippen molar-refractivity contribution in [2.24, 2.45) is 11.1 Å². The fraction of sp³-hybridized carbons (Fsp3) is 0.533. The number of amides is 2. The van der Waals surface area contributed by atoms with Crippen molar-refractivity contribution in [1.29, 1.82) is 0 Å². The topological polar surface area (TPSA) is 111 Å². The molecule has 8 heteroatoms. The summed E-state index contributed by atoms with van der Waals surface area (Å²) in [7, 11) is -3.66. The zero-order valence-electron chi connectivity index (χ0n) is 13.0. The maximum atomic E-state index is 11.7. The number of carbonyl (C=O) groups is 1. The number of nitrogens with one attached hydrogen (secondary N) is 2. The summed E-state index contributed by atoms with van der Waals surface area (Å²) in [5, 5.41) is 10.7. The zero-order chi connectivity index (χ0) is 16.7. The number of hydrogen-bond donors (Lipinski definition) is 3. The molecule has 1 aromatic rings. The second-order valence-corrected chi connectivity index (χ2v) is 7.19. The van der Waals surface area contributed by atoms with E-state index < -0.39 is 10.0 Å². The van der Waals surface area contributed by atoms with Crippen LogP contribution in [0.15, 0.2) is 29.2 Å². The van der Waals surface area contributed by atoms with Crippen LogP contribution in [0.5, 0.6) is 0 Å². The minimum atomic E-state index is -3.66. The van der Waals surface area contributed by atoms with E-state index in [-0.39, 0.29) is 10.9 Å². The lowest BCUT2D eigenvalue weighted by Gasteiger charge is -2.22. The highest BCUT2D eigenvalue weighted by Gasteiger charge is 2.14. The lowest BCUT2D eigenvalue weighted by molar-refractivity contribution is 0.0669. The van der Waals surface area contributed by atoms with Gasteiger partial charge in [-0.2, -0.15) is 0 Å². The molecule has 7 nitrogen and oxygen atoms in total. The second kappa shape index (κ2) is 8.28. The monoisotopic (exact) mass is 341 g/mol. The van der Waals surface area contributed by atoms with Gasteiger partial charge in [0.25, 0.3) is 0 Å². The van der Waals surface area contributed by atoms with Gasteiger partial charge in [-0.15, -0.1) is 0 Å². The van der Waals surface area contributed by atoms with E-state index in [1.165, 1.54) is 12.1 Å². The van der Waals surface area contributed by atoms with Crippen LogP contribution in [0.25, 0.3) is 0 Å². The molecule has 2 amide bonds. The Kier molecular flexibility index (Phi) is 6.37. The molecule has 0 bridgehead atoms. The van der Waals surface area contributed by atoms with Crippen molar-refractivity contribution in [3.8, 4) is 0 Å². The highest BCUT2D eigenvalue weighted by molar-refractivity contribution is 7.89. The van der Waals surface area contributed by atoms with Gasteiger partial charge in [0.1, 0.15) is 0 Å². The number of nitrogens with two attached hydrogens (primary N) is 1. The fourth-order valence-corrected chi connectivity index (χ4v) is 2.93. The Morgan fingerprint density at radius 3 is 2.43 bits per heavy atom. The van der Waals surface area contributed by atoms with Gasteiger partial charge in [-0.3, -0.25) is 0 Å². The van der Waals surface area contributed by atoms with Crippen LogP contribution in [-0.4, -0.2) is 40.8 Å². The molecule has 4 N–H and O–H groups in total. The van der Waals surface area contributed by atoms with Crippen LogP contribution in [0, 0.1) is 5.92 Å². The predicted molar refractivity (Wildman–Crippen MR) is 86.5 cm³/mol. The summed E-state index contributed by atoms with van der Waals surface area (Å²) in [6.07, 6.45) is 2.59. The van der Waals surface area contributed by atoms with Crippen LogP contribution >= 0.6 is 0 Å². The SMILES string of the molecule is NS(=O)(=O)c1ccc(CCNC(=O)NCC2CCOCC2)cc1. The van der Waals surface area contributed by atoms with E-state index in [4.69, 9.17) is 9.88 Å². The molecule has 0 unspecified atom stereocenters. The molecule has 1 heterocycles. The molecule has 23 heavy (non-hydrogen) atoms. The van der Waals surface area contributed by atoms with Crippen LogP contribution in [0.3, 0.4) is 0 Å². The Balaban J connectivity index is 1.66. The molecular formula is C15H23N3O4S. The highest BCUT2D eigenvalue weighted by Crippen LogP contribution is 2.13. The maximum Gasteiger partial charge on any atom is 0.314 e. The van der Waals surface area contributed by atoms with Gasteiger partial charge in [-0.25, -0.2) is 18.4 Å². The largest absolute Gasteiger partial charge is 0.381 e. The first-order valence-corrected chi connectivity index (χ1v) is 9.21. The predicted octanol–water partition coefficient (Wildman–Crippen LogP) is 0.602. The minimum Gasteiger partial charge on any atom is -0.381 e. The van der Waals surface area contributed by atoms with Crippen LogP contribution in [0.1, 0.15) is 18.4 Å². The normalized spacial score (nSPS) is 16.0. The molecule has 2 rings (SSSR count). The van der Waals surface area contributed by atoms with Crippen LogP contribution in [0.4, 0.5) is 4.79 Å². The van der Waals surface area contributed by atoms with Crippen molar-refractivity contribution < 1.29 is 17.9 Å². The molecule has 0 aliphatic carbocycles. The Bertz CT molecular complexity index is 610. The lowest BCUT2D eigenvalue weighted by Crippen LogP contribution is -2.40. The van der Waals surface area contributed by atoms with Crippen LogP contribution in [-0.2, 0) is 21.2 Å². The lowest BCUT2D eigenvalue weighted by atomic mass is 10.0. The van der Waals surface area contributed by atoms with Crippen LogP contribution in [0.2, 0.25) is 0 Å². The van der Waals surface area contributed by atoms with E-state index >= 15 is 0 Å². The van der Waals surface area contributed by atoms with Crippen molar-refractivity contribution in [2.75, 3.05) is 26.3 Å². The molecule has 1 aliphatic heterocycles. The first-order chi connectivity index (χ1) is 10.9. The van der Waals surface area contributed by atoms with Gasteiger partial charge in [0.05, 0.1) is 4.90 Å². The number of urea groups is 1. The maximum absolute atomic E-state index is 11.7. The molecule has 1 saturated heterocycles. The molecule has 128 valence electrons. The number of hydrogen-bond acceptors (Lipinski definition) is 4. The summed E-state index contributed by atoms with van der Waals surface area (Å²) in [6.45, 7) is 2.68. The van der Waals surface area contributed by atoms with Gasteiger partial charge >= 0.3 is 6.03 Å². The van der Waals surface area contributed by atoms with Crippen molar-refractivity contribution in [3.05, 3.63) is 29.8 Å². The molecular weight excluding hydrogens is 318 g/mol. The van der Waals surface area contributed by atoms with Gasteiger partial charge < -0.3 is 15.4 Å². The standard InChI is InChI=1S/C15H23N3O4S/c16-23(20,21)14-3-1-12(2-4-14)5-8-17-15(19)18-11-13-6-9-22-10-7-13/h1-4,13H,5-11H2,(H2,16,20,21)(H2,17,18,19). The van der Waals surface area contributed by atoms with Gasteiger partial charge in [-0.05, 0) is 42.9 Å². The fourth-order valence-electron chi connectivity index (χ4n) is 2.42. The van der Waals surface area contributed by atoms with E-state index in [1.807, 2.05) is 0 Å². The third-order valence-corrected chi connectivity index (χ3v) is 4.77. The number of primary sulfonamides is 1. The van der Waals surface area contributed by atoms with E-state index in [0.717, 1.165) is 31.6 Å². The average Bonchev–Trinajstić information content (AvgIpc) is 2.53. The highest BCUT2D eigenvalue weighted by atomic mass is 32.2. The molecule has 1 aliphatic rings. The van der Waals surface area contributed by atoms with Crippen molar-refractivity contribution in [2.45, 2.75) is 24.2 Å². The molecule has 1 fully saturated rings. The van der Waals surface area contributed by atoms with Crippen molar-refractivity contribution >= 4 is 16.1 Å². The molecule has 0 spiro atoms. The van der Waals surface area contributed by atoms with E-state index in [1.54, 1.807) is 12.1 Å². The summed E-state index contributed by atoms with van der Waals surface area (Å²) < 4.78 is 27.6. The first kappa shape index (κ1) is 17.7. The second-order valence-electron chi connectivity index (χ2n) is 5.63. The average molecular weight is 341 g/mol. The summed E-state index contributed by atoms with van der Waals surface area (Å²) in [6, 6.07) is 6.15. The summed E-state index contributed by atoms with van der Waals surface area (Å²) in [5.74, 6) is 0.486. The van der Waals surface area contributed by atoms with Crippen molar-refractivity contribution in [3.63, 3.8) is 0 Å². The molecule has 0 atom stereocenters. The summed E-state index contributed by atoms with van der Waals surface area (Å²) in [4.78, 5) is 11.8. The van der Waals surface area contributed by atoms with Gasteiger partial charge in [-0.1, -0.05) is 12.1 Å². The van der Waals surface area contributed by atoms with E-state index in [2.05, 4.69) is 10.6 Å². The number of sulfonamides is 1. The third kappa shape index (κ3) is 6.17. The molecule has 1 aromatic carbocycles. The number of rotatable bonds is 6. The van der Waals surface area contributed by atoms with Crippen molar-refractivity contribution in [1.82, 2.24) is 10.6 Å². The quantitative estimate of drug-likeness (QED) is 0.704. The molecule has 0 saturated carbocycles. The van der Waals surface area contributed by atoms with Gasteiger partial charge in [0.15, 0.2) is 0 Å². The van der Waals surface area contributed by atoms with Gasteiger partial charge in [0.2, 0.25) is 10.0 Å². The first-order valence-electron chi connectivity index (χ1n) is 7.66. The van der Waals surface area contributed by atoms with E-state index in [0.29, 0.717) is 25.4 Å². The molecule has 0 radical (unpaired) electrons. The number of benzene rings is 1. The Morgan fingerprint density at radius 1 is 1.17 bits per heavy atom.